The van der Waals surface area contributed by atoms with Crippen LogP contribution in [-0.2, 0) is 0 Å². The molecule has 0 saturated heterocycles. The lowest BCUT2D eigenvalue weighted by Crippen LogP contribution is -2.03. The largest absolute Gasteiger partial charge is 0.405 e. The number of benzene rings is 1. The summed E-state index contributed by atoms with van der Waals surface area (Å²) in [6.07, 6.45) is 1.88. The summed E-state index contributed by atoms with van der Waals surface area (Å²) < 4.78 is 7.05. The molecule has 0 radical (unpaired) electrons. The SMILES string of the molecule is Cc1ccc2c(c1)c(=O)oc1cccn12. The van der Waals surface area contributed by atoms with E-state index in [1.807, 2.05) is 41.8 Å². The summed E-state index contributed by atoms with van der Waals surface area (Å²) in [5, 5.41) is 0.624. The summed E-state index contributed by atoms with van der Waals surface area (Å²) in [6, 6.07) is 9.41. The molecule has 0 aliphatic rings. The molecule has 0 N–H and O–H groups in total. The molecule has 0 aliphatic heterocycles. The molecule has 0 aliphatic carbocycles. The molecule has 3 heteroatoms. The van der Waals surface area contributed by atoms with Crippen molar-refractivity contribution in [1.82, 2.24) is 4.40 Å². The third-order valence-corrected chi connectivity index (χ3v) is 2.54. The van der Waals surface area contributed by atoms with Crippen molar-refractivity contribution in [3.63, 3.8) is 0 Å². The summed E-state index contributed by atoms with van der Waals surface area (Å²) in [6.45, 7) is 1.96. The van der Waals surface area contributed by atoms with Crippen molar-refractivity contribution in [2.24, 2.45) is 0 Å². The molecule has 0 amide bonds. The Bertz CT molecular complexity index is 706. The minimum Gasteiger partial charge on any atom is -0.405 e. The highest BCUT2D eigenvalue weighted by molar-refractivity contribution is 5.80. The molecule has 0 saturated carbocycles. The molecule has 0 spiro atoms. The smallest absolute Gasteiger partial charge is 0.346 e. The number of hydrogen-bond donors (Lipinski definition) is 0. The van der Waals surface area contributed by atoms with E-state index in [2.05, 4.69) is 0 Å². The van der Waals surface area contributed by atoms with Gasteiger partial charge in [-0.1, -0.05) is 11.6 Å². The average molecular weight is 199 g/mol. The van der Waals surface area contributed by atoms with Crippen LogP contribution >= 0.6 is 0 Å². The molecule has 2 heterocycles. The van der Waals surface area contributed by atoms with Crippen molar-refractivity contribution in [3.05, 3.63) is 52.5 Å². The molecule has 15 heavy (non-hydrogen) atoms. The zero-order valence-electron chi connectivity index (χ0n) is 8.23. The highest BCUT2D eigenvalue weighted by Crippen LogP contribution is 2.15. The Morgan fingerprint density at radius 2 is 2.13 bits per heavy atom. The van der Waals surface area contributed by atoms with Crippen LogP contribution in [0.15, 0.2) is 45.7 Å². The van der Waals surface area contributed by atoms with Gasteiger partial charge in [-0.25, -0.2) is 4.79 Å². The molecule has 0 bridgehead atoms. The van der Waals surface area contributed by atoms with Gasteiger partial charge in [-0.15, -0.1) is 0 Å². The summed E-state index contributed by atoms with van der Waals surface area (Å²) in [5.74, 6) is 0. The van der Waals surface area contributed by atoms with Gasteiger partial charge in [-0.3, -0.25) is 4.40 Å². The van der Waals surface area contributed by atoms with Gasteiger partial charge in [0.1, 0.15) is 0 Å². The van der Waals surface area contributed by atoms with Crippen LogP contribution in [0.4, 0.5) is 0 Å². The van der Waals surface area contributed by atoms with Crippen LogP contribution in [0.5, 0.6) is 0 Å². The Morgan fingerprint density at radius 1 is 1.27 bits per heavy atom. The Labute approximate surface area is 85.6 Å². The molecule has 0 fully saturated rings. The second-order valence-corrected chi connectivity index (χ2v) is 3.63. The maximum Gasteiger partial charge on any atom is 0.346 e. The Morgan fingerprint density at radius 3 is 3.00 bits per heavy atom. The molecule has 3 aromatic rings. The van der Waals surface area contributed by atoms with Gasteiger partial charge in [0, 0.05) is 12.3 Å². The number of fused-ring (bicyclic) bond motifs is 3. The van der Waals surface area contributed by atoms with E-state index in [0.29, 0.717) is 11.1 Å². The van der Waals surface area contributed by atoms with Gasteiger partial charge in [-0.2, -0.15) is 0 Å². The Hall–Kier alpha value is -2.03. The molecule has 0 unspecified atom stereocenters. The van der Waals surface area contributed by atoms with Crippen molar-refractivity contribution >= 4 is 16.6 Å². The lowest BCUT2D eigenvalue weighted by atomic mass is 10.2. The number of aromatic nitrogens is 1. The van der Waals surface area contributed by atoms with Crippen molar-refractivity contribution < 1.29 is 4.42 Å². The van der Waals surface area contributed by atoms with E-state index in [1.165, 1.54) is 0 Å². The van der Waals surface area contributed by atoms with Crippen molar-refractivity contribution in [1.29, 1.82) is 0 Å². The van der Waals surface area contributed by atoms with Crippen LogP contribution in [0.2, 0.25) is 0 Å². The van der Waals surface area contributed by atoms with Gasteiger partial charge in [0.25, 0.3) is 0 Å². The van der Waals surface area contributed by atoms with E-state index in [-0.39, 0.29) is 5.63 Å². The predicted molar refractivity (Wildman–Crippen MR) is 58.2 cm³/mol. The summed E-state index contributed by atoms with van der Waals surface area (Å²) in [5.41, 5.74) is 2.24. The number of hydrogen-bond acceptors (Lipinski definition) is 2. The molecular weight excluding hydrogens is 190 g/mol. The van der Waals surface area contributed by atoms with E-state index < -0.39 is 0 Å². The second-order valence-electron chi connectivity index (χ2n) is 3.63. The van der Waals surface area contributed by atoms with E-state index >= 15 is 0 Å². The van der Waals surface area contributed by atoms with Crippen LogP contribution in [0.1, 0.15) is 5.56 Å². The zero-order chi connectivity index (χ0) is 10.4. The van der Waals surface area contributed by atoms with Gasteiger partial charge in [0.2, 0.25) is 5.71 Å². The standard InChI is InChI=1S/C12H9NO2/c1-8-4-5-10-9(7-8)12(14)15-11-3-2-6-13(10)11/h2-7H,1H3. The first-order valence-corrected chi connectivity index (χ1v) is 4.76. The van der Waals surface area contributed by atoms with E-state index in [4.69, 9.17) is 4.42 Å². The van der Waals surface area contributed by atoms with Gasteiger partial charge < -0.3 is 4.42 Å². The van der Waals surface area contributed by atoms with Crippen LogP contribution in [0, 0.1) is 6.92 Å². The lowest BCUT2D eigenvalue weighted by molar-refractivity contribution is 0.549. The minimum atomic E-state index is -0.278. The van der Waals surface area contributed by atoms with Crippen LogP contribution in [-0.4, -0.2) is 4.40 Å². The number of aryl methyl sites for hydroxylation is 1. The summed E-state index contributed by atoms with van der Waals surface area (Å²) >= 11 is 0. The Balaban J connectivity index is 2.67. The van der Waals surface area contributed by atoms with E-state index in [1.54, 1.807) is 6.07 Å². The molecule has 2 aromatic heterocycles. The van der Waals surface area contributed by atoms with E-state index in [0.717, 1.165) is 11.1 Å². The first-order chi connectivity index (χ1) is 7.25. The minimum absolute atomic E-state index is 0.278. The molecule has 1 aromatic carbocycles. The van der Waals surface area contributed by atoms with Crippen LogP contribution in [0.3, 0.4) is 0 Å². The van der Waals surface area contributed by atoms with Crippen molar-refractivity contribution in [2.45, 2.75) is 6.92 Å². The normalized spacial score (nSPS) is 11.3. The molecule has 3 rings (SSSR count). The van der Waals surface area contributed by atoms with Gasteiger partial charge in [-0.05, 0) is 25.1 Å². The fraction of sp³-hybridized carbons (Fsp3) is 0.0833. The van der Waals surface area contributed by atoms with Gasteiger partial charge >= 0.3 is 5.63 Å². The first-order valence-electron chi connectivity index (χ1n) is 4.76. The average Bonchev–Trinajstić information content (AvgIpc) is 2.66. The second kappa shape index (κ2) is 2.73. The van der Waals surface area contributed by atoms with Crippen molar-refractivity contribution in [2.75, 3.05) is 0 Å². The maximum absolute atomic E-state index is 11.7. The van der Waals surface area contributed by atoms with Crippen molar-refractivity contribution in [3.8, 4) is 0 Å². The third-order valence-electron chi connectivity index (χ3n) is 2.54. The Kier molecular flexibility index (Phi) is 1.51. The molecular formula is C12H9NO2. The lowest BCUT2D eigenvalue weighted by Gasteiger charge is -2.01. The van der Waals surface area contributed by atoms with E-state index in [9.17, 15) is 4.79 Å². The predicted octanol–water partition coefficient (Wildman–Crippen LogP) is 2.35. The van der Waals surface area contributed by atoms with Crippen LogP contribution < -0.4 is 5.63 Å². The topological polar surface area (TPSA) is 34.6 Å². The first kappa shape index (κ1) is 8.29. The molecule has 74 valence electrons. The van der Waals surface area contributed by atoms with Gasteiger partial charge in [0.05, 0.1) is 10.9 Å². The number of nitrogens with zero attached hydrogens (tertiary/aromatic N) is 1. The third kappa shape index (κ3) is 1.09. The van der Waals surface area contributed by atoms with Gasteiger partial charge in [0.15, 0.2) is 0 Å². The molecule has 3 nitrogen and oxygen atoms in total. The highest BCUT2D eigenvalue weighted by atomic mass is 16.4. The molecule has 0 atom stereocenters. The fourth-order valence-electron chi connectivity index (χ4n) is 1.82. The highest BCUT2D eigenvalue weighted by Gasteiger charge is 2.05. The number of rotatable bonds is 0. The monoisotopic (exact) mass is 199 g/mol. The summed E-state index contributed by atoms with van der Waals surface area (Å²) in [4.78, 5) is 11.7. The fourth-order valence-corrected chi connectivity index (χ4v) is 1.82. The van der Waals surface area contributed by atoms with Crippen LogP contribution in [0.25, 0.3) is 16.6 Å². The quantitative estimate of drug-likeness (QED) is 0.557. The zero-order valence-corrected chi connectivity index (χ0v) is 8.23. The maximum atomic E-state index is 11.7. The summed E-state index contributed by atoms with van der Waals surface area (Å²) in [7, 11) is 0.